The summed E-state index contributed by atoms with van der Waals surface area (Å²) in [7, 11) is -4.15. The minimum Gasteiger partial charge on any atom is -0.356 e. The van der Waals surface area contributed by atoms with Gasteiger partial charge in [-0.15, -0.1) is 0 Å². The summed E-state index contributed by atoms with van der Waals surface area (Å²) in [4.78, 5) is 53.3. The topological polar surface area (TPSA) is 142 Å². The predicted molar refractivity (Wildman–Crippen MR) is 141 cm³/mol. The van der Waals surface area contributed by atoms with E-state index in [4.69, 9.17) is 0 Å². The fraction of sp³-hybridized carbons (Fsp3) is 0.556. The van der Waals surface area contributed by atoms with Gasteiger partial charge in [0.25, 0.3) is 5.91 Å². The van der Waals surface area contributed by atoms with Crippen LogP contribution in [-0.2, 0) is 29.0 Å². The number of carbonyl (C=O) groups is 4. The van der Waals surface area contributed by atoms with Crippen LogP contribution in [0.3, 0.4) is 0 Å². The van der Waals surface area contributed by atoms with Gasteiger partial charge in [-0.05, 0) is 49.2 Å². The summed E-state index contributed by atoms with van der Waals surface area (Å²) in [6, 6.07) is 5.83. The van der Waals surface area contributed by atoms with E-state index in [1.165, 1.54) is 11.8 Å². The molecule has 0 aromatic heterocycles. The van der Waals surface area contributed by atoms with Gasteiger partial charge in [0.15, 0.2) is 0 Å². The summed E-state index contributed by atoms with van der Waals surface area (Å²) in [5.74, 6) is -2.13. The van der Waals surface area contributed by atoms with Crippen LogP contribution in [0.1, 0.15) is 50.6 Å². The SMILES string of the molecule is CC(=O)N[C@H](C(=O)N1C[C@@H]2CCC[C@@H]2[C@H]1C(=O)N[C@@H](/C=C(\F)S(C)(=O)=O)C[C@@H]1CCNC1=O)c1ccccc1. The van der Waals surface area contributed by atoms with Crippen LogP contribution in [0.4, 0.5) is 4.39 Å². The van der Waals surface area contributed by atoms with Crippen molar-refractivity contribution in [2.75, 3.05) is 19.3 Å². The van der Waals surface area contributed by atoms with Gasteiger partial charge < -0.3 is 20.9 Å². The first-order chi connectivity index (χ1) is 18.5. The molecular formula is C27H35FN4O6S. The van der Waals surface area contributed by atoms with E-state index < -0.39 is 56.8 Å². The first-order valence-corrected chi connectivity index (χ1v) is 15.1. The predicted octanol–water partition coefficient (Wildman–Crippen LogP) is 1.36. The third-order valence-corrected chi connectivity index (χ3v) is 8.73. The van der Waals surface area contributed by atoms with Crippen LogP contribution in [0, 0.1) is 17.8 Å². The smallest absolute Gasteiger partial charge is 0.250 e. The second kappa shape index (κ2) is 11.8. The van der Waals surface area contributed by atoms with Gasteiger partial charge in [0, 0.05) is 32.2 Å². The van der Waals surface area contributed by atoms with Crippen molar-refractivity contribution >= 4 is 33.5 Å². The van der Waals surface area contributed by atoms with Crippen LogP contribution in [0.2, 0.25) is 0 Å². The number of nitrogens with zero attached hydrogens (tertiary/aromatic N) is 1. The number of likely N-dealkylation sites (tertiary alicyclic amines) is 1. The Hall–Kier alpha value is -3.28. The van der Waals surface area contributed by atoms with Gasteiger partial charge in [0.2, 0.25) is 32.7 Å². The van der Waals surface area contributed by atoms with Crippen molar-refractivity contribution in [2.24, 2.45) is 17.8 Å². The molecule has 4 rings (SSSR count). The summed E-state index contributed by atoms with van der Waals surface area (Å²) in [5.41, 5.74) is 0.581. The van der Waals surface area contributed by atoms with E-state index in [0.717, 1.165) is 31.6 Å². The van der Waals surface area contributed by atoms with Crippen LogP contribution in [0.25, 0.3) is 0 Å². The largest absolute Gasteiger partial charge is 0.356 e. The van der Waals surface area contributed by atoms with Crippen LogP contribution in [0.5, 0.6) is 0 Å². The van der Waals surface area contributed by atoms with E-state index in [0.29, 0.717) is 25.1 Å². The zero-order chi connectivity index (χ0) is 28.3. The number of hydrogen-bond donors (Lipinski definition) is 3. The number of hydrogen-bond acceptors (Lipinski definition) is 6. The minimum absolute atomic E-state index is 0.0216. The molecule has 10 nitrogen and oxygen atoms in total. The molecule has 2 heterocycles. The van der Waals surface area contributed by atoms with Crippen molar-refractivity contribution in [3.05, 3.63) is 47.1 Å². The molecule has 6 atom stereocenters. The minimum atomic E-state index is -4.15. The lowest BCUT2D eigenvalue weighted by Gasteiger charge is -2.32. The van der Waals surface area contributed by atoms with Crippen molar-refractivity contribution < 1.29 is 32.0 Å². The molecule has 3 fully saturated rings. The van der Waals surface area contributed by atoms with Crippen molar-refractivity contribution in [2.45, 2.75) is 57.2 Å². The Bertz CT molecular complexity index is 1250. The fourth-order valence-corrected chi connectivity index (χ4v) is 6.48. The highest BCUT2D eigenvalue weighted by atomic mass is 32.2. The normalized spacial score (nSPS) is 26.5. The molecule has 0 unspecified atom stereocenters. The molecule has 1 aromatic carbocycles. The first-order valence-electron chi connectivity index (χ1n) is 13.2. The van der Waals surface area contributed by atoms with Gasteiger partial charge in [0.05, 0.1) is 6.04 Å². The summed E-state index contributed by atoms with van der Waals surface area (Å²) < 4.78 is 38.1. The van der Waals surface area contributed by atoms with Crippen molar-refractivity contribution in [1.29, 1.82) is 0 Å². The molecule has 0 spiro atoms. The van der Waals surface area contributed by atoms with Crippen LogP contribution in [-0.4, -0.2) is 68.4 Å². The number of halogens is 1. The molecular weight excluding hydrogens is 527 g/mol. The molecule has 2 saturated heterocycles. The molecule has 4 amide bonds. The third kappa shape index (κ3) is 6.66. The van der Waals surface area contributed by atoms with E-state index in [2.05, 4.69) is 16.0 Å². The third-order valence-electron chi connectivity index (χ3n) is 7.88. The zero-order valence-electron chi connectivity index (χ0n) is 22.1. The summed E-state index contributed by atoms with van der Waals surface area (Å²) in [6.45, 7) is 2.10. The van der Waals surface area contributed by atoms with Crippen molar-refractivity contribution in [3.8, 4) is 0 Å². The number of benzene rings is 1. The van der Waals surface area contributed by atoms with Gasteiger partial charge in [-0.25, -0.2) is 8.42 Å². The molecule has 1 saturated carbocycles. The lowest BCUT2D eigenvalue weighted by molar-refractivity contribution is -0.142. The van der Waals surface area contributed by atoms with E-state index in [1.54, 1.807) is 30.3 Å². The Morgan fingerprint density at radius 1 is 1.15 bits per heavy atom. The molecule has 2 aliphatic heterocycles. The molecule has 212 valence electrons. The molecule has 1 aliphatic carbocycles. The summed E-state index contributed by atoms with van der Waals surface area (Å²) in [6.07, 6.45) is 4.54. The maximum absolute atomic E-state index is 14.5. The van der Waals surface area contributed by atoms with E-state index in [-0.39, 0.29) is 24.2 Å². The molecule has 1 aromatic rings. The number of nitrogens with one attached hydrogen (secondary N) is 3. The fourth-order valence-electron chi connectivity index (χ4n) is 6.07. The van der Waals surface area contributed by atoms with Gasteiger partial charge in [0.1, 0.15) is 12.1 Å². The molecule has 39 heavy (non-hydrogen) atoms. The Morgan fingerprint density at radius 3 is 2.49 bits per heavy atom. The lowest BCUT2D eigenvalue weighted by atomic mass is 9.92. The molecule has 0 bridgehead atoms. The highest BCUT2D eigenvalue weighted by molar-refractivity contribution is 7.94. The standard InChI is InChI=1S/C27H35FN4O6S/c1-16(33)30-23(17-7-4-3-5-8-17)27(36)32-15-19-9-6-10-21(19)24(32)26(35)31-20(14-22(28)39(2,37)38)13-18-11-12-29-25(18)34/h3-5,7-8,14,18-21,23-24H,6,9-13,15H2,1-2H3,(H,29,34)(H,30,33)(H,31,35)/b22-14+/t18-,19-,20+,21-,23-,24-/m0/s1. The van der Waals surface area contributed by atoms with Gasteiger partial charge in [-0.3, -0.25) is 19.2 Å². The van der Waals surface area contributed by atoms with Crippen LogP contribution >= 0.6 is 0 Å². The average molecular weight is 563 g/mol. The number of rotatable bonds is 9. The Morgan fingerprint density at radius 2 is 1.87 bits per heavy atom. The Balaban J connectivity index is 1.62. The molecule has 3 N–H and O–H groups in total. The van der Waals surface area contributed by atoms with E-state index in [9.17, 15) is 32.0 Å². The Kier molecular flexibility index (Phi) is 8.73. The highest BCUT2D eigenvalue weighted by Crippen LogP contribution is 2.43. The molecule has 0 radical (unpaired) electrons. The van der Waals surface area contributed by atoms with Gasteiger partial charge in [-0.1, -0.05) is 36.8 Å². The quantitative estimate of drug-likeness (QED) is 0.415. The van der Waals surface area contributed by atoms with Crippen molar-refractivity contribution in [3.63, 3.8) is 0 Å². The van der Waals surface area contributed by atoms with Gasteiger partial charge in [-0.2, -0.15) is 4.39 Å². The second-order valence-corrected chi connectivity index (χ2v) is 12.6. The maximum Gasteiger partial charge on any atom is 0.250 e. The number of amides is 4. The summed E-state index contributed by atoms with van der Waals surface area (Å²) in [5, 5.41) is 6.75. The van der Waals surface area contributed by atoms with E-state index >= 15 is 0 Å². The van der Waals surface area contributed by atoms with Crippen LogP contribution < -0.4 is 16.0 Å². The average Bonchev–Trinajstić information content (AvgIpc) is 3.58. The van der Waals surface area contributed by atoms with Crippen LogP contribution in [0.15, 0.2) is 41.6 Å². The molecule has 3 aliphatic rings. The zero-order valence-corrected chi connectivity index (χ0v) is 22.9. The second-order valence-electron chi connectivity index (χ2n) is 10.7. The monoisotopic (exact) mass is 562 g/mol. The Labute approximate surface area is 227 Å². The lowest BCUT2D eigenvalue weighted by Crippen LogP contribution is -2.53. The highest BCUT2D eigenvalue weighted by Gasteiger charge is 2.51. The first kappa shape index (κ1) is 28.7. The number of carbonyl (C=O) groups excluding carboxylic acids is 4. The number of fused-ring (bicyclic) bond motifs is 1. The van der Waals surface area contributed by atoms with Gasteiger partial charge >= 0.3 is 0 Å². The van der Waals surface area contributed by atoms with E-state index in [1.807, 2.05) is 0 Å². The molecule has 12 heteroatoms. The van der Waals surface area contributed by atoms with Crippen molar-refractivity contribution in [1.82, 2.24) is 20.9 Å². The summed E-state index contributed by atoms with van der Waals surface area (Å²) >= 11 is 0. The number of sulfone groups is 1. The maximum atomic E-state index is 14.5.